The summed E-state index contributed by atoms with van der Waals surface area (Å²) >= 11 is 0. The number of rotatable bonds is 7. The van der Waals surface area contributed by atoms with Gasteiger partial charge in [0, 0.05) is 18.7 Å². The third-order valence-electron chi connectivity index (χ3n) is 2.97. The number of benzene rings is 1. The molecule has 1 unspecified atom stereocenters. The van der Waals surface area contributed by atoms with Crippen molar-refractivity contribution in [1.29, 1.82) is 0 Å². The summed E-state index contributed by atoms with van der Waals surface area (Å²) in [5.74, 6) is 5.63. The van der Waals surface area contributed by atoms with E-state index >= 15 is 0 Å². The first kappa shape index (κ1) is 13.9. The lowest BCUT2D eigenvalue weighted by Gasteiger charge is -2.18. The van der Waals surface area contributed by atoms with Crippen LogP contribution in [-0.4, -0.2) is 31.9 Å². The number of ether oxygens (including phenoxy) is 2. The van der Waals surface area contributed by atoms with Crippen LogP contribution in [0.1, 0.15) is 11.6 Å². The molecule has 5 heteroatoms. The Balaban J connectivity index is 2.16. The van der Waals surface area contributed by atoms with Crippen LogP contribution >= 0.6 is 0 Å². The topological polar surface area (TPSA) is 69.4 Å². The summed E-state index contributed by atoms with van der Waals surface area (Å²) in [6, 6.07) is 9.89. The number of methoxy groups -OCH3 is 1. The van der Waals surface area contributed by atoms with Gasteiger partial charge in [0.05, 0.1) is 31.4 Å². The minimum Gasteiger partial charge on any atom is -0.382 e. The Hall–Kier alpha value is -1.53. The SMILES string of the molecule is COCCOCC(NN)c1cccc2ncccc12. The summed E-state index contributed by atoms with van der Waals surface area (Å²) in [6.07, 6.45) is 1.78. The molecule has 0 bridgehead atoms. The monoisotopic (exact) mass is 261 g/mol. The molecule has 0 fully saturated rings. The summed E-state index contributed by atoms with van der Waals surface area (Å²) in [7, 11) is 1.65. The standard InChI is InChI=1S/C14H19N3O2/c1-18-8-9-19-10-14(17-15)12-4-2-6-13-11(12)5-3-7-16-13/h2-7,14,17H,8-10,15H2,1H3. The number of nitrogens with zero attached hydrogens (tertiary/aromatic N) is 1. The fourth-order valence-corrected chi connectivity index (χ4v) is 2.00. The molecule has 0 saturated heterocycles. The van der Waals surface area contributed by atoms with E-state index in [4.69, 9.17) is 15.3 Å². The highest BCUT2D eigenvalue weighted by atomic mass is 16.5. The molecule has 102 valence electrons. The Kier molecular flexibility index (Phi) is 5.23. The van der Waals surface area contributed by atoms with E-state index in [1.54, 1.807) is 13.3 Å². The molecule has 0 radical (unpaired) electrons. The Bertz CT molecular complexity index is 514. The highest BCUT2D eigenvalue weighted by Crippen LogP contribution is 2.22. The fourth-order valence-electron chi connectivity index (χ4n) is 2.00. The molecule has 1 atom stereocenters. The van der Waals surface area contributed by atoms with Crippen molar-refractivity contribution in [3.63, 3.8) is 0 Å². The van der Waals surface area contributed by atoms with Gasteiger partial charge in [-0.3, -0.25) is 16.3 Å². The average molecular weight is 261 g/mol. The number of pyridine rings is 1. The first-order chi connectivity index (χ1) is 9.36. The molecule has 0 aliphatic carbocycles. The number of hydrogen-bond donors (Lipinski definition) is 2. The number of aromatic nitrogens is 1. The van der Waals surface area contributed by atoms with E-state index in [2.05, 4.69) is 10.4 Å². The molecule has 1 aromatic carbocycles. The van der Waals surface area contributed by atoms with Gasteiger partial charge in [0.1, 0.15) is 0 Å². The predicted octanol–water partition coefficient (Wildman–Crippen LogP) is 1.40. The van der Waals surface area contributed by atoms with Gasteiger partial charge in [-0.15, -0.1) is 0 Å². The van der Waals surface area contributed by atoms with Gasteiger partial charge in [0.2, 0.25) is 0 Å². The molecule has 0 saturated carbocycles. The highest BCUT2D eigenvalue weighted by molar-refractivity contribution is 5.82. The minimum atomic E-state index is -0.0650. The molecule has 3 N–H and O–H groups in total. The molecule has 0 aliphatic heterocycles. The van der Waals surface area contributed by atoms with Crippen molar-refractivity contribution in [2.24, 2.45) is 5.84 Å². The summed E-state index contributed by atoms with van der Waals surface area (Å²) in [6.45, 7) is 1.62. The maximum absolute atomic E-state index is 5.63. The second kappa shape index (κ2) is 7.16. The van der Waals surface area contributed by atoms with E-state index < -0.39 is 0 Å². The number of nitrogens with one attached hydrogen (secondary N) is 1. The van der Waals surface area contributed by atoms with Crippen molar-refractivity contribution in [2.45, 2.75) is 6.04 Å². The maximum atomic E-state index is 5.63. The highest BCUT2D eigenvalue weighted by Gasteiger charge is 2.13. The zero-order valence-corrected chi connectivity index (χ0v) is 11.0. The number of nitrogens with two attached hydrogens (primary N) is 1. The Morgan fingerprint density at radius 3 is 2.95 bits per heavy atom. The van der Waals surface area contributed by atoms with Gasteiger partial charge in [-0.05, 0) is 17.7 Å². The van der Waals surface area contributed by atoms with Gasteiger partial charge in [0.25, 0.3) is 0 Å². The van der Waals surface area contributed by atoms with E-state index in [-0.39, 0.29) is 6.04 Å². The van der Waals surface area contributed by atoms with Gasteiger partial charge in [-0.1, -0.05) is 18.2 Å². The van der Waals surface area contributed by atoms with Crippen LogP contribution in [0.4, 0.5) is 0 Å². The quantitative estimate of drug-likeness (QED) is 0.448. The van der Waals surface area contributed by atoms with Crippen molar-refractivity contribution < 1.29 is 9.47 Å². The predicted molar refractivity (Wildman–Crippen MR) is 74.5 cm³/mol. The van der Waals surface area contributed by atoms with Crippen molar-refractivity contribution in [3.8, 4) is 0 Å². The second-order valence-electron chi connectivity index (χ2n) is 4.20. The Morgan fingerprint density at radius 2 is 2.16 bits per heavy atom. The van der Waals surface area contributed by atoms with Gasteiger partial charge >= 0.3 is 0 Å². The van der Waals surface area contributed by atoms with Crippen LogP contribution in [0, 0.1) is 0 Å². The lowest BCUT2D eigenvalue weighted by Crippen LogP contribution is -2.32. The molecule has 0 spiro atoms. The van der Waals surface area contributed by atoms with Crippen molar-refractivity contribution >= 4 is 10.9 Å². The van der Waals surface area contributed by atoms with Gasteiger partial charge in [-0.2, -0.15) is 0 Å². The van der Waals surface area contributed by atoms with Gasteiger partial charge < -0.3 is 9.47 Å². The second-order valence-corrected chi connectivity index (χ2v) is 4.20. The third kappa shape index (κ3) is 3.48. The summed E-state index contributed by atoms with van der Waals surface area (Å²) in [5.41, 5.74) is 4.84. The largest absolute Gasteiger partial charge is 0.382 e. The first-order valence-corrected chi connectivity index (χ1v) is 6.23. The van der Waals surface area contributed by atoms with E-state index in [0.717, 1.165) is 16.5 Å². The number of hydrazine groups is 1. The molecule has 0 aliphatic rings. The Morgan fingerprint density at radius 1 is 1.26 bits per heavy atom. The zero-order valence-electron chi connectivity index (χ0n) is 11.0. The lowest BCUT2D eigenvalue weighted by molar-refractivity contribution is 0.0588. The molecule has 19 heavy (non-hydrogen) atoms. The first-order valence-electron chi connectivity index (χ1n) is 6.23. The number of hydrogen-bond acceptors (Lipinski definition) is 5. The molecule has 2 rings (SSSR count). The molecular weight excluding hydrogens is 242 g/mol. The number of fused-ring (bicyclic) bond motifs is 1. The molecular formula is C14H19N3O2. The van der Waals surface area contributed by atoms with E-state index in [9.17, 15) is 0 Å². The van der Waals surface area contributed by atoms with E-state index in [0.29, 0.717) is 19.8 Å². The van der Waals surface area contributed by atoms with E-state index in [1.165, 1.54) is 0 Å². The molecule has 2 aromatic rings. The van der Waals surface area contributed by atoms with Crippen molar-refractivity contribution in [2.75, 3.05) is 26.9 Å². The molecule has 1 heterocycles. The van der Waals surface area contributed by atoms with Crippen LogP contribution in [0.25, 0.3) is 10.9 Å². The summed E-state index contributed by atoms with van der Waals surface area (Å²) in [4.78, 5) is 4.34. The normalized spacial score (nSPS) is 12.7. The van der Waals surface area contributed by atoms with Crippen LogP contribution in [-0.2, 0) is 9.47 Å². The van der Waals surface area contributed by atoms with Gasteiger partial charge in [0.15, 0.2) is 0 Å². The fraction of sp³-hybridized carbons (Fsp3) is 0.357. The third-order valence-corrected chi connectivity index (χ3v) is 2.97. The Labute approximate surface area is 112 Å². The van der Waals surface area contributed by atoms with E-state index in [1.807, 2.05) is 30.3 Å². The lowest BCUT2D eigenvalue weighted by atomic mass is 10.0. The maximum Gasteiger partial charge on any atom is 0.0705 e. The minimum absolute atomic E-state index is 0.0650. The zero-order chi connectivity index (χ0) is 13.5. The van der Waals surface area contributed by atoms with Gasteiger partial charge in [-0.25, -0.2) is 0 Å². The van der Waals surface area contributed by atoms with Crippen LogP contribution in [0.5, 0.6) is 0 Å². The molecule has 5 nitrogen and oxygen atoms in total. The van der Waals surface area contributed by atoms with Crippen LogP contribution < -0.4 is 11.3 Å². The van der Waals surface area contributed by atoms with Crippen LogP contribution in [0.3, 0.4) is 0 Å². The molecule has 0 amide bonds. The average Bonchev–Trinajstić information content (AvgIpc) is 2.47. The van der Waals surface area contributed by atoms with Crippen LogP contribution in [0.15, 0.2) is 36.5 Å². The smallest absolute Gasteiger partial charge is 0.0705 e. The summed E-state index contributed by atoms with van der Waals surface area (Å²) in [5, 5.41) is 1.09. The summed E-state index contributed by atoms with van der Waals surface area (Å²) < 4.78 is 10.5. The van der Waals surface area contributed by atoms with Crippen molar-refractivity contribution in [3.05, 3.63) is 42.1 Å². The van der Waals surface area contributed by atoms with Crippen molar-refractivity contribution in [1.82, 2.24) is 10.4 Å². The molecule has 1 aromatic heterocycles. The van der Waals surface area contributed by atoms with Crippen LogP contribution in [0.2, 0.25) is 0 Å².